The van der Waals surface area contributed by atoms with Crippen LogP contribution in [0.15, 0.2) is 64.2 Å². The predicted octanol–water partition coefficient (Wildman–Crippen LogP) is 3.62. The minimum atomic E-state index is -0.219. The molecule has 1 amide bonds. The van der Waals surface area contributed by atoms with Gasteiger partial charge in [-0.15, -0.1) is 0 Å². The highest BCUT2D eigenvalue weighted by atomic mass is 32.2. The van der Waals surface area contributed by atoms with Crippen LogP contribution in [0.25, 0.3) is 10.9 Å². The fourth-order valence-corrected chi connectivity index (χ4v) is 2.93. The zero-order valence-corrected chi connectivity index (χ0v) is 13.0. The fourth-order valence-electron chi connectivity index (χ4n) is 2.08. The summed E-state index contributed by atoms with van der Waals surface area (Å²) >= 11 is 1.45. The van der Waals surface area contributed by atoms with E-state index in [2.05, 4.69) is 10.3 Å². The number of furan rings is 1. The van der Waals surface area contributed by atoms with Gasteiger partial charge in [-0.3, -0.25) is 4.79 Å². The lowest BCUT2D eigenvalue weighted by molar-refractivity contribution is -0.120. The van der Waals surface area contributed by atoms with Crippen LogP contribution in [0.4, 0.5) is 0 Å². The second-order valence-electron chi connectivity index (χ2n) is 4.90. The molecule has 5 heteroatoms. The maximum absolute atomic E-state index is 12.1. The lowest BCUT2D eigenvalue weighted by Gasteiger charge is -2.11. The number of carbonyl (C=O) groups is 1. The van der Waals surface area contributed by atoms with E-state index in [-0.39, 0.29) is 11.2 Å². The molecule has 1 unspecified atom stereocenters. The van der Waals surface area contributed by atoms with Crippen LogP contribution in [0.5, 0.6) is 0 Å². The quantitative estimate of drug-likeness (QED) is 0.731. The molecule has 0 radical (unpaired) electrons. The Hall–Kier alpha value is -2.27. The SMILES string of the molecule is CC(Sc1ccc2ccccc2n1)C(=O)NCc1ccco1. The van der Waals surface area contributed by atoms with Gasteiger partial charge >= 0.3 is 0 Å². The molecule has 0 aliphatic carbocycles. The van der Waals surface area contributed by atoms with Gasteiger partial charge in [0.05, 0.1) is 28.6 Å². The van der Waals surface area contributed by atoms with Gasteiger partial charge in [0.1, 0.15) is 5.76 Å². The summed E-state index contributed by atoms with van der Waals surface area (Å²) in [5, 5.41) is 4.59. The molecule has 0 bridgehead atoms. The number of amides is 1. The van der Waals surface area contributed by atoms with Crippen LogP contribution in [0.1, 0.15) is 12.7 Å². The third kappa shape index (κ3) is 3.49. The number of nitrogens with one attached hydrogen (secondary N) is 1. The Morgan fingerprint density at radius 2 is 2.09 bits per heavy atom. The summed E-state index contributed by atoms with van der Waals surface area (Å²) in [5.41, 5.74) is 0.940. The number of nitrogens with zero attached hydrogens (tertiary/aromatic N) is 1. The van der Waals surface area contributed by atoms with Gasteiger partial charge in [-0.1, -0.05) is 36.0 Å². The molecule has 2 aromatic heterocycles. The standard InChI is InChI=1S/C17H16N2O2S/c1-12(17(20)18-11-14-6-4-10-21-14)22-16-9-8-13-5-2-3-7-15(13)19-16/h2-10,12H,11H2,1H3,(H,18,20). The second kappa shape index (κ2) is 6.66. The number of carbonyl (C=O) groups excluding carboxylic acids is 1. The Morgan fingerprint density at radius 3 is 2.91 bits per heavy atom. The van der Waals surface area contributed by atoms with Crippen LogP contribution in [0.3, 0.4) is 0 Å². The van der Waals surface area contributed by atoms with Crippen molar-refractivity contribution in [2.75, 3.05) is 0 Å². The van der Waals surface area contributed by atoms with Crippen molar-refractivity contribution >= 4 is 28.6 Å². The van der Waals surface area contributed by atoms with Crippen molar-refractivity contribution in [2.45, 2.75) is 23.7 Å². The molecular formula is C17H16N2O2S. The molecule has 0 saturated carbocycles. The monoisotopic (exact) mass is 312 g/mol. The van der Waals surface area contributed by atoms with Crippen molar-refractivity contribution in [1.82, 2.24) is 10.3 Å². The van der Waals surface area contributed by atoms with E-state index in [1.807, 2.05) is 49.4 Å². The Kier molecular flexibility index (Phi) is 4.44. The summed E-state index contributed by atoms with van der Waals surface area (Å²) in [6.07, 6.45) is 1.60. The van der Waals surface area contributed by atoms with Crippen molar-refractivity contribution in [3.8, 4) is 0 Å². The maximum atomic E-state index is 12.1. The van der Waals surface area contributed by atoms with Gasteiger partial charge in [-0.25, -0.2) is 4.98 Å². The first-order valence-corrected chi connectivity index (χ1v) is 7.93. The van der Waals surface area contributed by atoms with Crippen molar-refractivity contribution in [3.05, 3.63) is 60.6 Å². The minimum Gasteiger partial charge on any atom is -0.467 e. The number of hydrogen-bond acceptors (Lipinski definition) is 4. The summed E-state index contributed by atoms with van der Waals surface area (Å²) in [6.45, 7) is 2.28. The van der Waals surface area contributed by atoms with Gasteiger partial charge in [-0.2, -0.15) is 0 Å². The van der Waals surface area contributed by atoms with E-state index in [1.165, 1.54) is 11.8 Å². The van der Waals surface area contributed by atoms with E-state index in [0.717, 1.165) is 21.7 Å². The van der Waals surface area contributed by atoms with Crippen LogP contribution >= 0.6 is 11.8 Å². The van der Waals surface area contributed by atoms with E-state index < -0.39 is 0 Å². The molecule has 0 spiro atoms. The number of aromatic nitrogens is 1. The maximum Gasteiger partial charge on any atom is 0.233 e. The molecular weight excluding hydrogens is 296 g/mol. The highest BCUT2D eigenvalue weighted by Gasteiger charge is 2.15. The Labute approximate surface area is 132 Å². The number of pyridine rings is 1. The van der Waals surface area contributed by atoms with Crippen molar-refractivity contribution < 1.29 is 9.21 Å². The summed E-state index contributed by atoms with van der Waals surface area (Å²) in [6, 6.07) is 15.6. The third-order valence-corrected chi connectivity index (χ3v) is 4.29. The fraction of sp³-hybridized carbons (Fsp3) is 0.176. The highest BCUT2D eigenvalue weighted by Crippen LogP contribution is 2.24. The van der Waals surface area contributed by atoms with E-state index in [1.54, 1.807) is 12.3 Å². The first-order chi connectivity index (χ1) is 10.7. The van der Waals surface area contributed by atoms with Crippen LogP contribution in [-0.2, 0) is 11.3 Å². The lowest BCUT2D eigenvalue weighted by atomic mass is 10.2. The average molecular weight is 312 g/mol. The minimum absolute atomic E-state index is 0.0311. The number of para-hydroxylation sites is 1. The number of benzene rings is 1. The Morgan fingerprint density at radius 1 is 1.23 bits per heavy atom. The molecule has 2 heterocycles. The smallest absolute Gasteiger partial charge is 0.233 e. The molecule has 0 saturated heterocycles. The molecule has 0 aliphatic heterocycles. The van der Waals surface area contributed by atoms with Gasteiger partial charge in [0, 0.05) is 5.39 Å². The van der Waals surface area contributed by atoms with Crippen molar-refractivity contribution in [2.24, 2.45) is 0 Å². The van der Waals surface area contributed by atoms with E-state index in [0.29, 0.717) is 6.54 Å². The van der Waals surface area contributed by atoms with Gasteiger partial charge in [0.2, 0.25) is 5.91 Å². The molecule has 0 aliphatic rings. The Bertz CT molecular complexity index is 771. The van der Waals surface area contributed by atoms with Crippen LogP contribution < -0.4 is 5.32 Å². The van der Waals surface area contributed by atoms with Crippen LogP contribution in [0, 0.1) is 0 Å². The van der Waals surface area contributed by atoms with E-state index >= 15 is 0 Å². The number of hydrogen-bond donors (Lipinski definition) is 1. The van der Waals surface area contributed by atoms with Crippen LogP contribution in [-0.4, -0.2) is 16.1 Å². The largest absolute Gasteiger partial charge is 0.467 e. The second-order valence-corrected chi connectivity index (χ2v) is 6.26. The molecule has 3 aromatic rings. The first-order valence-electron chi connectivity index (χ1n) is 7.05. The zero-order valence-electron chi connectivity index (χ0n) is 12.2. The average Bonchev–Trinajstić information content (AvgIpc) is 3.06. The Balaban J connectivity index is 1.61. The summed E-state index contributed by atoms with van der Waals surface area (Å²) < 4.78 is 5.20. The summed E-state index contributed by atoms with van der Waals surface area (Å²) in [7, 11) is 0. The summed E-state index contributed by atoms with van der Waals surface area (Å²) in [4.78, 5) is 16.7. The molecule has 3 rings (SSSR count). The summed E-state index contributed by atoms with van der Waals surface area (Å²) in [5.74, 6) is 0.714. The van der Waals surface area contributed by atoms with Gasteiger partial charge in [0.15, 0.2) is 0 Å². The number of thioether (sulfide) groups is 1. The number of rotatable bonds is 5. The molecule has 112 valence electrons. The molecule has 1 aromatic carbocycles. The number of fused-ring (bicyclic) bond motifs is 1. The molecule has 22 heavy (non-hydrogen) atoms. The molecule has 0 fully saturated rings. The third-order valence-electron chi connectivity index (χ3n) is 3.26. The lowest BCUT2D eigenvalue weighted by Crippen LogP contribution is -2.30. The van der Waals surface area contributed by atoms with E-state index in [4.69, 9.17) is 4.42 Å². The first kappa shape index (κ1) is 14.7. The van der Waals surface area contributed by atoms with Crippen molar-refractivity contribution in [3.63, 3.8) is 0 Å². The topological polar surface area (TPSA) is 55.1 Å². The van der Waals surface area contributed by atoms with Crippen LogP contribution in [0.2, 0.25) is 0 Å². The molecule has 1 atom stereocenters. The molecule has 4 nitrogen and oxygen atoms in total. The zero-order chi connectivity index (χ0) is 15.4. The van der Waals surface area contributed by atoms with Gasteiger partial charge < -0.3 is 9.73 Å². The highest BCUT2D eigenvalue weighted by molar-refractivity contribution is 8.00. The van der Waals surface area contributed by atoms with Gasteiger partial charge in [-0.05, 0) is 31.2 Å². The molecule has 1 N–H and O–H groups in total. The predicted molar refractivity (Wildman–Crippen MR) is 87.6 cm³/mol. The van der Waals surface area contributed by atoms with Gasteiger partial charge in [0.25, 0.3) is 0 Å². The normalized spacial score (nSPS) is 12.2. The van der Waals surface area contributed by atoms with E-state index in [9.17, 15) is 4.79 Å². The van der Waals surface area contributed by atoms with Crippen molar-refractivity contribution in [1.29, 1.82) is 0 Å².